The Balaban J connectivity index is 1.53. The molecule has 3 heterocycles. The minimum Gasteiger partial charge on any atom is -0.378 e. The van der Waals surface area contributed by atoms with Gasteiger partial charge in [-0.25, -0.2) is 4.98 Å². The number of aromatic nitrogens is 2. The van der Waals surface area contributed by atoms with Crippen LogP contribution in [-0.2, 0) is 17.3 Å². The molecule has 4 N–H and O–H groups in total. The predicted octanol–water partition coefficient (Wildman–Crippen LogP) is 3.82. The van der Waals surface area contributed by atoms with Crippen LogP contribution in [0.1, 0.15) is 16.8 Å². The summed E-state index contributed by atoms with van der Waals surface area (Å²) in [6.07, 6.45) is -0.479. The summed E-state index contributed by atoms with van der Waals surface area (Å²) in [7, 11) is 1.61. The maximum absolute atomic E-state index is 12.8. The van der Waals surface area contributed by atoms with Crippen molar-refractivity contribution >= 4 is 27.6 Å². The van der Waals surface area contributed by atoms with E-state index >= 15 is 0 Å². The molecular formula is C23H24F3N5OS. The molecule has 0 saturated carbocycles. The van der Waals surface area contributed by atoms with Gasteiger partial charge in [-0.2, -0.15) is 13.2 Å². The Morgan fingerprint density at radius 2 is 1.91 bits per heavy atom. The van der Waals surface area contributed by atoms with E-state index in [-0.39, 0.29) is 11.5 Å². The molecule has 0 aliphatic carbocycles. The third kappa shape index (κ3) is 5.30. The molecule has 1 aliphatic heterocycles. The van der Waals surface area contributed by atoms with Gasteiger partial charge in [-0.1, -0.05) is 23.9 Å². The van der Waals surface area contributed by atoms with Crippen molar-refractivity contribution in [3.63, 3.8) is 0 Å². The minimum absolute atomic E-state index is 0.332. The lowest BCUT2D eigenvalue weighted by atomic mass is 10.0. The summed E-state index contributed by atoms with van der Waals surface area (Å²) in [5.41, 5.74) is 15.0. The smallest absolute Gasteiger partial charge is 0.378 e. The van der Waals surface area contributed by atoms with Crippen LogP contribution in [0.5, 0.6) is 0 Å². The molecule has 0 radical (unpaired) electrons. The first-order valence-electron chi connectivity index (χ1n) is 10.3. The monoisotopic (exact) mass is 475 g/mol. The number of pyridine rings is 2. The van der Waals surface area contributed by atoms with Crippen molar-refractivity contribution in [2.75, 3.05) is 20.3 Å². The molecular weight excluding hydrogens is 451 g/mol. The second-order valence-corrected chi connectivity index (χ2v) is 8.92. The van der Waals surface area contributed by atoms with Crippen molar-refractivity contribution in [2.24, 2.45) is 11.5 Å². The number of ether oxygens (including phenoxy) is 1. The molecule has 1 unspecified atom stereocenters. The van der Waals surface area contributed by atoms with Crippen molar-refractivity contribution in [3.05, 3.63) is 77.4 Å². The van der Waals surface area contributed by atoms with Crippen LogP contribution < -0.4 is 11.5 Å². The summed E-state index contributed by atoms with van der Waals surface area (Å²) in [5, 5.41) is 0.942. The lowest BCUT2D eigenvalue weighted by Gasteiger charge is -2.29. The van der Waals surface area contributed by atoms with Crippen molar-refractivity contribution in [1.29, 1.82) is 0 Å². The summed E-state index contributed by atoms with van der Waals surface area (Å²) < 4.78 is 43.8. The van der Waals surface area contributed by atoms with Gasteiger partial charge in [0, 0.05) is 37.5 Å². The molecule has 1 aliphatic rings. The molecule has 0 amide bonds. The summed E-state index contributed by atoms with van der Waals surface area (Å²) in [6.45, 7) is 0.758. The van der Waals surface area contributed by atoms with Crippen LogP contribution in [0.4, 0.5) is 13.2 Å². The number of nitrogens with zero attached hydrogens (tertiary/aromatic N) is 3. The normalized spacial score (nSPS) is 17.8. The SMILES string of the molecule is COCC1=C(c2ccc3cnccc3n2)SC(N)N1C[C@H](N)Cc1ccc(C(F)(F)F)cc1. The average Bonchev–Trinajstić information content (AvgIpc) is 3.08. The van der Waals surface area contributed by atoms with Gasteiger partial charge >= 0.3 is 6.18 Å². The molecule has 1 aromatic carbocycles. The highest BCUT2D eigenvalue weighted by Crippen LogP contribution is 2.42. The van der Waals surface area contributed by atoms with Crippen molar-refractivity contribution < 1.29 is 17.9 Å². The molecule has 6 nitrogen and oxygen atoms in total. The number of methoxy groups -OCH3 is 1. The molecule has 0 saturated heterocycles. The van der Waals surface area contributed by atoms with Gasteiger partial charge in [0.1, 0.15) is 5.50 Å². The van der Waals surface area contributed by atoms with Crippen LogP contribution in [0, 0.1) is 0 Å². The molecule has 0 spiro atoms. The van der Waals surface area contributed by atoms with Crippen molar-refractivity contribution in [3.8, 4) is 0 Å². The summed E-state index contributed by atoms with van der Waals surface area (Å²) in [6, 6.07) is 10.5. The molecule has 0 fully saturated rings. The number of rotatable bonds is 7. The Kier molecular flexibility index (Phi) is 6.89. The minimum atomic E-state index is -4.36. The molecule has 0 bridgehead atoms. The first-order chi connectivity index (χ1) is 15.8. The zero-order valence-corrected chi connectivity index (χ0v) is 18.7. The predicted molar refractivity (Wildman–Crippen MR) is 124 cm³/mol. The molecule has 2 atom stereocenters. The molecule has 10 heteroatoms. The molecule has 33 heavy (non-hydrogen) atoms. The van der Waals surface area contributed by atoms with Crippen LogP contribution in [-0.4, -0.2) is 46.7 Å². The molecule has 174 valence electrons. The van der Waals surface area contributed by atoms with Gasteiger partial charge in [0.25, 0.3) is 0 Å². The van der Waals surface area contributed by atoms with Crippen LogP contribution in [0.15, 0.2) is 60.6 Å². The van der Waals surface area contributed by atoms with Gasteiger partial charge in [-0.3, -0.25) is 4.98 Å². The number of fused-ring (bicyclic) bond motifs is 1. The third-order valence-corrected chi connectivity index (χ3v) is 6.54. The fourth-order valence-corrected chi connectivity index (χ4v) is 4.91. The third-order valence-electron chi connectivity index (χ3n) is 5.37. The topological polar surface area (TPSA) is 90.3 Å². The maximum atomic E-state index is 12.8. The van der Waals surface area contributed by atoms with Gasteiger partial charge in [0.15, 0.2) is 0 Å². The van der Waals surface area contributed by atoms with Gasteiger partial charge in [-0.05, 0) is 42.3 Å². The molecule has 3 aromatic rings. The van der Waals surface area contributed by atoms with Gasteiger partial charge in [0.05, 0.1) is 34.0 Å². The Hall–Kier alpha value is -2.66. The largest absolute Gasteiger partial charge is 0.416 e. The summed E-state index contributed by atoms with van der Waals surface area (Å²) in [4.78, 5) is 11.8. The lowest BCUT2D eigenvalue weighted by Crippen LogP contribution is -2.44. The van der Waals surface area contributed by atoms with E-state index in [4.69, 9.17) is 21.2 Å². The Morgan fingerprint density at radius 1 is 1.15 bits per heavy atom. The first kappa shape index (κ1) is 23.5. The van der Waals surface area contributed by atoms with Crippen molar-refractivity contribution in [1.82, 2.24) is 14.9 Å². The molecule has 4 rings (SSSR count). The first-order valence-corrected chi connectivity index (χ1v) is 11.2. The van der Waals surface area contributed by atoms with Crippen molar-refractivity contribution in [2.45, 2.75) is 24.1 Å². The van der Waals surface area contributed by atoms with E-state index in [1.165, 1.54) is 23.9 Å². The fourth-order valence-electron chi connectivity index (χ4n) is 3.79. The van der Waals surface area contributed by atoms with E-state index in [2.05, 4.69) is 4.98 Å². The maximum Gasteiger partial charge on any atom is 0.416 e. The highest BCUT2D eigenvalue weighted by Gasteiger charge is 2.33. The van der Waals surface area contributed by atoms with E-state index in [9.17, 15) is 13.2 Å². The number of thioether (sulfide) groups is 1. The Bertz CT molecular complexity index is 1150. The second-order valence-electron chi connectivity index (χ2n) is 7.79. The number of hydrogen-bond acceptors (Lipinski definition) is 7. The van der Waals surface area contributed by atoms with Gasteiger partial charge in [-0.15, -0.1) is 0 Å². The van der Waals surface area contributed by atoms with Crippen LogP contribution in [0.3, 0.4) is 0 Å². The highest BCUT2D eigenvalue weighted by atomic mass is 32.2. The van der Waals surface area contributed by atoms with Gasteiger partial charge in [0.2, 0.25) is 0 Å². The zero-order valence-electron chi connectivity index (χ0n) is 17.9. The number of benzene rings is 1. The summed E-state index contributed by atoms with van der Waals surface area (Å²) >= 11 is 1.48. The summed E-state index contributed by atoms with van der Waals surface area (Å²) in [5.74, 6) is 0. The van der Waals surface area contributed by atoms with E-state index in [0.717, 1.165) is 44.9 Å². The highest BCUT2D eigenvalue weighted by molar-refractivity contribution is 8.09. The van der Waals surface area contributed by atoms with Gasteiger partial charge < -0.3 is 21.1 Å². The fraction of sp³-hybridized carbons (Fsp3) is 0.304. The quantitative estimate of drug-likeness (QED) is 0.537. The van der Waals surface area contributed by atoms with E-state index in [1.807, 2.05) is 23.1 Å². The zero-order chi connectivity index (χ0) is 23.6. The average molecular weight is 476 g/mol. The number of halogens is 3. The van der Waals surface area contributed by atoms with E-state index in [1.54, 1.807) is 19.5 Å². The standard InChI is InChI=1S/C23H24F3N5OS/c1-32-13-20-21(19-7-4-15-11-29-9-8-18(15)30-19)33-22(28)31(20)12-17(27)10-14-2-5-16(6-3-14)23(24,25)26/h2-9,11,17,22H,10,12-13,27-28H2,1H3/t17-,22?/m1/s1. The number of nitrogens with two attached hydrogens (primary N) is 2. The van der Waals surface area contributed by atoms with E-state index < -0.39 is 11.7 Å². The number of alkyl halides is 3. The molecule has 2 aromatic heterocycles. The second kappa shape index (κ2) is 9.68. The van der Waals surface area contributed by atoms with Crippen LogP contribution in [0.25, 0.3) is 15.8 Å². The van der Waals surface area contributed by atoms with Crippen LogP contribution >= 0.6 is 11.8 Å². The lowest BCUT2D eigenvalue weighted by molar-refractivity contribution is -0.137. The Labute approximate surface area is 193 Å². The number of hydrogen-bond donors (Lipinski definition) is 2. The van der Waals surface area contributed by atoms with E-state index in [0.29, 0.717) is 19.6 Å². The Morgan fingerprint density at radius 3 is 2.61 bits per heavy atom. The van der Waals surface area contributed by atoms with Crippen LogP contribution in [0.2, 0.25) is 0 Å².